The second kappa shape index (κ2) is 7.58. The van der Waals surface area contributed by atoms with Gasteiger partial charge in [0.15, 0.2) is 0 Å². The van der Waals surface area contributed by atoms with Crippen molar-refractivity contribution >= 4 is 29.3 Å². The first-order valence-corrected chi connectivity index (χ1v) is 8.73. The molecule has 23 heavy (non-hydrogen) atoms. The summed E-state index contributed by atoms with van der Waals surface area (Å²) < 4.78 is 5.19. The lowest BCUT2D eigenvalue weighted by Crippen LogP contribution is -2.28. The molecular formula is C17H17ClN2O2S. The maximum Gasteiger partial charge on any atom is 0.336 e. The van der Waals surface area contributed by atoms with E-state index in [0.717, 1.165) is 10.6 Å². The van der Waals surface area contributed by atoms with Crippen LogP contribution in [0.5, 0.6) is 0 Å². The highest BCUT2D eigenvalue weighted by Gasteiger charge is 2.36. The number of ether oxygens (including phenoxy) is 1. The van der Waals surface area contributed by atoms with Crippen LogP contribution < -0.4 is 5.32 Å². The quantitative estimate of drug-likeness (QED) is 0.834. The van der Waals surface area contributed by atoms with E-state index in [1.165, 1.54) is 11.8 Å². The average molecular weight is 349 g/mol. The Labute approximate surface area is 145 Å². The van der Waals surface area contributed by atoms with Gasteiger partial charge in [0.2, 0.25) is 0 Å². The number of esters is 1. The van der Waals surface area contributed by atoms with Gasteiger partial charge in [0.1, 0.15) is 0 Å². The van der Waals surface area contributed by atoms with Gasteiger partial charge in [-0.3, -0.25) is 0 Å². The van der Waals surface area contributed by atoms with Gasteiger partial charge in [0.05, 0.1) is 34.8 Å². The molecular weight excluding hydrogens is 332 g/mol. The molecule has 1 aliphatic rings. The van der Waals surface area contributed by atoms with Crippen LogP contribution in [0.2, 0.25) is 5.02 Å². The van der Waals surface area contributed by atoms with Gasteiger partial charge in [-0.25, -0.2) is 4.79 Å². The third-order valence-corrected chi connectivity index (χ3v) is 4.64. The number of carbonyl (C=O) groups excluding carboxylic acids is 1. The smallest absolute Gasteiger partial charge is 0.336 e. The Morgan fingerprint density at radius 2 is 2.17 bits per heavy atom. The van der Waals surface area contributed by atoms with E-state index in [9.17, 15) is 10.1 Å². The van der Waals surface area contributed by atoms with Crippen LogP contribution in [0, 0.1) is 11.3 Å². The molecule has 1 unspecified atom stereocenters. The number of nitrogens with one attached hydrogen (secondary N) is 1. The zero-order valence-corrected chi connectivity index (χ0v) is 14.7. The van der Waals surface area contributed by atoms with Crippen LogP contribution in [-0.4, -0.2) is 18.8 Å². The summed E-state index contributed by atoms with van der Waals surface area (Å²) >= 11 is 7.76. The number of nitrogens with zero attached hydrogens (tertiary/aromatic N) is 1. The molecule has 2 rings (SSSR count). The summed E-state index contributed by atoms with van der Waals surface area (Å²) in [6.07, 6.45) is 1.88. The molecule has 0 spiro atoms. The molecule has 0 aromatic heterocycles. The van der Waals surface area contributed by atoms with Gasteiger partial charge in [-0.1, -0.05) is 29.8 Å². The van der Waals surface area contributed by atoms with Crippen LogP contribution in [0.15, 0.2) is 46.1 Å². The van der Waals surface area contributed by atoms with E-state index >= 15 is 0 Å². The minimum absolute atomic E-state index is 0.270. The Bertz CT molecular complexity index is 734. The molecule has 1 aromatic carbocycles. The Kier molecular flexibility index (Phi) is 5.75. The van der Waals surface area contributed by atoms with Crippen LogP contribution in [0.25, 0.3) is 0 Å². The number of dihydropyridines is 1. The summed E-state index contributed by atoms with van der Waals surface area (Å²) in [5, 5.41) is 14.0. The van der Waals surface area contributed by atoms with E-state index in [2.05, 4.69) is 11.4 Å². The van der Waals surface area contributed by atoms with Crippen LogP contribution in [-0.2, 0) is 9.53 Å². The van der Waals surface area contributed by atoms with E-state index in [0.29, 0.717) is 21.9 Å². The van der Waals surface area contributed by atoms with Crippen molar-refractivity contribution in [2.45, 2.75) is 19.8 Å². The Morgan fingerprint density at radius 3 is 2.74 bits per heavy atom. The SMILES string of the molecule is CCOC(=O)C1=C(C)NC(SC)=C(C#N)C1c1ccccc1Cl. The number of thioether (sulfide) groups is 1. The number of benzene rings is 1. The van der Waals surface area contributed by atoms with Gasteiger partial charge in [-0.15, -0.1) is 11.8 Å². The standard InChI is InChI=1S/C17H17ClN2O2S/c1-4-22-17(21)14-10(2)20-16(23-3)12(9-19)15(14)11-7-5-6-8-13(11)18/h5-8,15,20H,4H2,1-3H3. The molecule has 1 atom stereocenters. The molecule has 1 N–H and O–H groups in total. The highest BCUT2D eigenvalue weighted by molar-refractivity contribution is 8.02. The topological polar surface area (TPSA) is 62.1 Å². The predicted molar refractivity (Wildman–Crippen MR) is 92.8 cm³/mol. The van der Waals surface area contributed by atoms with Crippen LogP contribution in [0.1, 0.15) is 25.3 Å². The molecule has 0 aliphatic carbocycles. The molecule has 0 fully saturated rings. The van der Waals surface area contributed by atoms with E-state index in [1.54, 1.807) is 19.9 Å². The summed E-state index contributed by atoms with van der Waals surface area (Å²) in [5.41, 5.74) is 2.30. The first-order valence-electron chi connectivity index (χ1n) is 7.12. The van der Waals surface area contributed by atoms with Gasteiger partial charge >= 0.3 is 5.97 Å². The third-order valence-electron chi connectivity index (χ3n) is 3.56. The number of hydrogen-bond acceptors (Lipinski definition) is 5. The zero-order chi connectivity index (χ0) is 17.0. The van der Waals surface area contributed by atoms with E-state index in [1.807, 2.05) is 24.5 Å². The van der Waals surface area contributed by atoms with Crippen molar-refractivity contribution in [1.29, 1.82) is 5.26 Å². The Balaban J connectivity index is 2.67. The van der Waals surface area contributed by atoms with Crippen LogP contribution >= 0.6 is 23.4 Å². The van der Waals surface area contributed by atoms with Crippen molar-refractivity contribution in [2.24, 2.45) is 0 Å². The van der Waals surface area contributed by atoms with Crippen molar-refractivity contribution < 1.29 is 9.53 Å². The summed E-state index contributed by atoms with van der Waals surface area (Å²) in [7, 11) is 0. The predicted octanol–water partition coefficient (Wildman–Crippen LogP) is 3.96. The summed E-state index contributed by atoms with van der Waals surface area (Å²) in [4.78, 5) is 12.5. The Morgan fingerprint density at radius 1 is 1.48 bits per heavy atom. The summed E-state index contributed by atoms with van der Waals surface area (Å²) in [6, 6.07) is 9.47. The molecule has 0 bridgehead atoms. The second-order valence-corrected chi connectivity index (χ2v) is 6.12. The van der Waals surface area contributed by atoms with Crippen molar-refractivity contribution in [3.05, 3.63) is 56.7 Å². The second-order valence-electron chi connectivity index (χ2n) is 4.90. The van der Waals surface area contributed by atoms with Gasteiger partial charge < -0.3 is 10.1 Å². The molecule has 0 saturated heterocycles. The fraction of sp³-hybridized carbons (Fsp3) is 0.294. The molecule has 6 heteroatoms. The molecule has 0 radical (unpaired) electrons. The summed E-state index contributed by atoms with van der Waals surface area (Å²) in [6.45, 7) is 3.83. The number of allylic oxidation sites excluding steroid dienone is 2. The maximum atomic E-state index is 12.5. The van der Waals surface area contributed by atoms with E-state index in [-0.39, 0.29) is 6.61 Å². The Hall–Kier alpha value is -1.90. The fourth-order valence-corrected chi connectivity index (χ4v) is 3.46. The van der Waals surface area contributed by atoms with Crippen molar-refractivity contribution in [3.8, 4) is 6.07 Å². The first kappa shape index (κ1) is 17.5. The number of hydrogen-bond donors (Lipinski definition) is 1. The van der Waals surface area contributed by atoms with Gasteiger partial charge in [-0.05, 0) is 31.7 Å². The molecule has 0 amide bonds. The van der Waals surface area contributed by atoms with Crippen LogP contribution in [0.4, 0.5) is 0 Å². The van der Waals surface area contributed by atoms with E-state index < -0.39 is 11.9 Å². The van der Waals surface area contributed by atoms with E-state index in [4.69, 9.17) is 16.3 Å². The number of rotatable bonds is 4. The van der Waals surface area contributed by atoms with Crippen molar-refractivity contribution in [2.75, 3.05) is 12.9 Å². The first-order chi connectivity index (χ1) is 11.0. The lowest BCUT2D eigenvalue weighted by molar-refractivity contribution is -0.138. The van der Waals surface area contributed by atoms with Crippen molar-refractivity contribution in [1.82, 2.24) is 5.32 Å². The highest BCUT2D eigenvalue weighted by atomic mass is 35.5. The normalized spacial score (nSPS) is 17.6. The fourth-order valence-electron chi connectivity index (χ4n) is 2.57. The van der Waals surface area contributed by atoms with Crippen LogP contribution in [0.3, 0.4) is 0 Å². The molecule has 1 heterocycles. The monoisotopic (exact) mass is 348 g/mol. The highest BCUT2D eigenvalue weighted by Crippen LogP contribution is 2.42. The lowest BCUT2D eigenvalue weighted by Gasteiger charge is -2.29. The molecule has 120 valence electrons. The van der Waals surface area contributed by atoms with Crippen molar-refractivity contribution in [3.63, 3.8) is 0 Å². The third kappa shape index (κ3) is 3.39. The minimum Gasteiger partial charge on any atom is -0.463 e. The maximum absolute atomic E-state index is 12.5. The molecule has 1 aliphatic heterocycles. The largest absolute Gasteiger partial charge is 0.463 e. The van der Waals surface area contributed by atoms with Gasteiger partial charge in [-0.2, -0.15) is 5.26 Å². The summed E-state index contributed by atoms with van der Waals surface area (Å²) in [5.74, 6) is -0.966. The number of carbonyl (C=O) groups is 1. The van der Waals surface area contributed by atoms with Gasteiger partial charge in [0.25, 0.3) is 0 Å². The number of nitriles is 1. The zero-order valence-electron chi connectivity index (χ0n) is 13.1. The molecule has 1 aromatic rings. The van der Waals surface area contributed by atoms with Gasteiger partial charge in [0, 0.05) is 10.7 Å². The number of halogens is 1. The molecule has 4 nitrogen and oxygen atoms in total. The minimum atomic E-state index is -0.531. The lowest BCUT2D eigenvalue weighted by atomic mass is 9.82. The average Bonchev–Trinajstić information content (AvgIpc) is 2.54. The molecule has 0 saturated carbocycles.